The molecule has 0 aliphatic carbocycles. The maximum absolute atomic E-state index is 13.5. The highest BCUT2D eigenvalue weighted by atomic mass is 32.2. The molecule has 0 spiro atoms. The van der Waals surface area contributed by atoms with E-state index in [4.69, 9.17) is 0 Å². The summed E-state index contributed by atoms with van der Waals surface area (Å²) >= 11 is 0. The first-order valence-corrected chi connectivity index (χ1v) is 7.82. The Balaban J connectivity index is 2.17. The molecule has 6 nitrogen and oxygen atoms in total. The summed E-state index contributed by atoms with van der Waals surface area (Å²) in [5.41, 5.74) is 0.914. The fourth-order valence-corrected chi connectivity index (χ4v) is 2.90. The Bertz CT molecular complexity index is 728. The lowest BCUT2D eigenvalue weighted by Crippen LogP contribution is -2.24. The first kappa shape index (κ1) is 15.6. The third-order valence-corrected chi connectivity index (χ3v) is 4.31. The van der Waals surface area contributed by atoms with Gasteiger partial charge < -0.3 is 5.32 Å². The molecule has 0 saturated heterocycles. The van der Waals surface area contributed by atoms with Crippen LogP contribution in [0.15, 0.2) is 35.4 Å². The number of halogens is 1. The fraction of sp³-hybridized carbons (Fsp3) is 0.308. The number of nitrogens with zero attached hydrogens (tertiary/aromatic N) is 2. The first-order valence-electron chi connectivity index (χ1n) is 6.33. The van der Waals surface area contributed by atoms with Crippen molar-refractivity contribution in [3.8, 4) is 0 Å². The lowest BCUT2D eigenvalue weighted by molar-refractivity contribution is 0.576. The van der Waals surface area contributed by atoms with E-state index in [2.05, 4.69) is 15.1 Å². The molecule has 0 radical (unpaired) electrons. The summed E-state index contributed by atoms with van der Waals surface area (Å²) in [7, 11) is -0.282. The van der Waals surface area contributed by atoms with Crippen molar-refractivity contribution in [3.63, 3.8) is 0 Å². The van der Waals surface area contributed by atoms with Gasteiger partial charge in [-0.25, -0.2) is 17.5 Å². The van der Waals surface area contributed by atoms with Crippen molar-refractivity contribution < 1.29 is 12.8 Å². The summed E-state index contributed by atoms with van der Waals surface area (Å²) in [6.45, 7) is 0.345. The van der Waals surface area contributed by atoms with Crippen LogP contribution in [0.25, 0.3) is 0 Å². The highest BCUT2D eigenvalue weighted by Crippen LogP contribution is 2.15. The van der Waals surface area contributed by atoms with Crippen molar-refractivity contribution in [1.29, 1.82) is 0 Å². The minimum Gasteiger partial charge on any atom is -0.316 e. The zero-order chi connectivity index (χ0) is 15.5. The van der Waals surface area contributed by atoms with Crippen molar-refractivity contribution >= 4 is 10.0 Å². The molecule has 0 bridgehead atoms. The molecule has 2 N–H and O–H groups in total. The predicted octanol–water partition coefficient (Wildman–Crippen LogP) is 0.757. The van der Waals surface area contributed by atoms with Gasteiger partial charge in [-0.15, -0.1) is 0 Å². The second kappa shape index (κ2) is 6.33. The zero-order valence-corrected chi connectivity index (χ0v) is 12.6. The second-order valence-corrected chi connectivity index (χ2v) is 6.36. The summed E-state index contributed by atoms with van der Waals surface area (Å²) in [6, 6.07) is 5.45. The number of nitrogens with one attached hydrogen (secondary N) is 2. The molecule has 8 heteroatoms. The summed E-state index contributed by atoms with van der Waals surface area (Å²) in [5.74, 6) is -0.437. The molecule has 114 valence electrons. The molecule has 0 fully saturated rings. The number of aryl methyl sites for hydroxylation is 1. The van der Waals surface area contributed by atoms with Crippen LogP contribution in [0.4, 0.5) is 4.39 Å². The Kier molecular flexibility index (Phi) is 4.71. The van der Waals surface area contributed by atoms with E-state index >= 15 is 0 Å². The average molecular weight is 312 g/mol. The maximum atomic E-state index is 13.5. The molecule has 2 rings (SSSR count). The van der Waals surface area contributed by atoms with Crippen LogP contribution in [0.3, 0.4) is 0 Å². The van der Waals surface area contributed by atoms with Gasteiger partial charge in [0.05, 0.1) is 17.1 Å². The van der Waals surface area contributed by atoms with Crippen LogP contribution in [-0.4, -0.2) is 25.2 Å². The minimum absolute atomic E-state index is 0.0325. The van der Waals surface area contributed by atoms with Crippen LogP contribution < -0.4 is 10.0 Å². The molecule has 0 aliphatic rings. The van der Waals surface area contributed by atoms with Gasteiger partial charge >= 0.3 is 0 Å². The molecule has 0 saturated carbocycles. The highest BCUT2D eigenvalue weighted by Gasteiger charge is 2.16. The first-order chi connectivity index (χ1) is 9.92. The van der Waals surface area contributed by atoms with Gasteiger partial charge in [0.1, 0.15) is 5.82 Å². The Labute approximate surface area is 123 Å². The lowest BCUT2D eigenvalue weighted by atomic mass is 10.2. The van der Waals surface area contributed by atoms with Gasteiger partial charge in [-0.2, -0.15) is 5.10 Å². The molecule has 21 heavy (non-hydrogen) atoms. The largest absolute Gasteiger partial charge is 0.316 e. The van der Waals surface area contributed by atoms with Crippen LogP contribution in [0.5, 0.6) is 0 Å². The normalized spacial score (nSPS) is 11.8. The van der Waals surface area contributed by atoms with Gasteiger partial charge in [-0.05, 0) is 31.3 Å². The fourth-order valence-electron chi connectivity index (χ4n) is 1.85. The SMILES string of the molecule is CNCc1cc(S(=O)(=O)NCc2ccn(C)n2)ccc1F. The van der Waals surface area contributed by atoms with E-state index in [-0.39, 0.29) is 18.0 Å². The van der Waals surface area contributed by atoms with E-state index in [0.29, 0.717) is 11.3 Å². The van der Waals surface area contributed by atoms with Gasteiger partial charge in [-0.3, -0.25) is 4.68 Å². The number of aromatic nitrogens is 2. The van der Waals surface area contributed by atoms with Gasteiger partial charge in [0, 0.05) is 25.4 Å². The highest BCUT2D eigenvalue weighted by molar-refractivity contribution is 7.89. The van der Waals surface area contributed by atoms with E-state index in [1.807, 2.05) is 0 Å². The Morgan fingerprint density at radius 1 is 1.29 bits per heavy atom. The average Bonchev–Trinajstić information content (AvgIpc) is 2.85. The molecular weight excluding hydrogens is 295 g/mol. The smallest absolute Gasteiger partial charge is 0.240 e. The number of rotatable bonds is 6. The summed E-state index contributed by atoms with van der Waals surface area (Å²) < 4.78 is 42.0. The monoisotopic (exact) mass is 312 g/mol. The topological polar surface area (TPSA) is 76.0 Å². The third kappa shape index (κ3) is 3.87. The zero-order valence-electron chi connectivity index (χ0n) is 11.8. The summed E-state index contributed by atoms with van der Waals surface area (Å²) in [6.07, 6.45) is 1.73. The van der Waals surface area contributed by atoms with Gasteiger partial charge in [0.2, 0.25) is 10.0 Å². The Morgan fingerprint density at radius 2 is 2.05 bits per heavy atom. The molecule has 0 amide bonds. The van der Waals surface area contributed by atoms with Crippen LogP contribution >= 0.6 is 0 Å². The van der Waals surface area contributed by atoms with E-state index < -0.39 is 15.8 Å². The molecule has 1 aromatic carbocycles. The molecule has 0 aliphatic heterocycles. The van der Waals surface area contributed by atoms with Gasteiger partial charge in [0.15, 0.2) is 0 Å². The van der Waals surface area contributed by atoms with E-state index in [1.165, 1.54) is 12.1 Å². The van der Waals surface area contributed by atoms with Crippen LogP contribution in [0.2, 0.25) is 0 Å². The predicted molar refractivity (Wildman–Crippen MR) is 76.4 cm³/mol. The second-order valence-electron chi connectivity index (χ2n) is 4.59. The van der Waals surface area contributed by atoms with Crippen LogP contribution in [0, 0.1) is 5.82 Å². The van der Waals surface area contributed by atoms with Gasteiger partial charge in [-0.1, -0.05) is 0 Å². The number of hydrogen-bond acceptors (Lipinski definition) is 4. The standard InChI is InChI=1S/C13H17FN4O2S/c1-15-8-10-7-12(3-4-13(10)14)21(19,20)16-9-11-5-6-18(2)17-11/h3-7,15-16H,8-9H2,1-2H3. The molecule has 1 aromatic heterocycles. The summed E-state index contributed by atoms with van der Waals surface area (Å²) in [4.78, 5) is 0.0325. The third-order valence-electron chi connectivity index (χ3n) is 2.91. The molecule has 1 heterocycles. The van der Waals surface area contributed by atoms with Crippen LogP contribution in [-0.2, 0) is 30.2 Å². The lowest BCUT2D eigenvalue weighted by Gasteiger charge is -2.08. The van der Waals surface area contributed by atoms with Crippen molar-refractivity contribution in [3.05, 3.63) is 47.5 Å². The molecule has 2 aromatic rings. The van der Waals surface area contributed by atoms with Crippen molar-refractivity contribution in [2.75, 3.05) is 7.05 Å². The van der Waals surface area contributed by atoms with Crippen molar-refractivity contribution in [1.82, 2.24) is 19.8 Å². The van der Waals surface area contributed by atoms with Crippen molar-refractivity contribution in [2.24, 2.45) is 7.05 Å². The molecule has 0 unspecified atom stereocenters. The molecule has 0 atom stereocenters. The number of hydrogen-bond donors (Lipinski definition) is 2. The molecular formula is C13H17FN4O2S. The van der Waals surface area contributed by atoms with Crippen LogP contribution in [0.1, 0.15) is 11.3 Å². The van der Waals surface area contributed by atoms with Gasteiger partial charge in [0.25, 0.3) is 0 Å². The van der Waals surface area contributed by atoms with E-state index in [9.17, 15) is 12.8 Å². The Morgan fingerprint density at radius 3 is 2.67 bits per heavy atom. The number of sulfonamides is 1. The Hall–Kier alpha value is -1.77. The maximum Gasteiger partial charge on any atom is 0.240 e. The summed E-state index contributed by atoms with van der Waals surface area (Å²) in [5, 5.41) is 6.88. The minimum atomic E-state index is -3.70. The quantitative estimate of drug-likeness (QED) is 0.825. The number of benzene rings is 1. The van der Waals surface area contributed by atoms with Crippen molar-refractivity contribution in [2.45, 2.75) is 18.0 Å². The van der Waals surface area contributed by atoms with E-state index in [0.717, 1.165) is 6.07 Å². The van der Waals surface area contributed by atoms with E-state index in [1.54, 1.807) is 31.0 Å².